The lowest BCUT2D eigenvalue weighted by Gasteiger charge is -2.15. The first-order valence-corrected chi connectivity index (χ1v) is 9.00. The molecule has 1 heterocycles. The van der Waals surface area contributed by atoms with Crippen LogP contribution in [0.15, 0.2) is 34.7 Å². The summed E-state index contributed by atoms with van der Waals surface area (Å²) >= 11 is 0. The zero-order chi connectivity index (χ0) is 17.2. The Morgan fingerprint density at radius 2 is 1.91 bits per heavy atom. The summed E-state index contributed by atoms with van der Waals surface area (Å²) in [5, 5.41) is 2.85. The van der Waals surface area contributed by atoms with E-state index < -0.39 is 10.0 Å². The van der Waals surface area contributed by atoms with Crippen LogP contribution in [0.4, 0.5) is 5.69 Å². The Hall–Kier alpha value is -2.28. The molecule has 0 fully saturated rings. The highest BCUT2D eigenvalue weighted by molar-refractivity contribution is 7.92. The monoisotopic (exact) mass is 336 g/mol. The van der Waals surface area contributed by atoms with Crippen LogP contribution >= 0.6 is 0 Å². The number of carbonyl (C=O) groups excluding carboxylic acids is 1. The topological polar surface area (TPSA) is 88.4 Å². The molecule has 0 aliphatic rings. The Kier molecular flexibility index (Phi) is 4.79. The second-order valence-corrected chi connectivity index (χ2v) is 7.31. The van der Waals surface area contributed by atoms with Crippen molar-refractivity contribution in [1.82, 2.24) is 5.32 Å². The highest BCUT2D eigenvalue weighted by Gasteiger charge is 2.17. The van der Waals surface area contributed by atoms with E-state index in [4.69, 9.17) is 4.42 Å². The lowest BCUT2D eigenvalue weighted by molar-refractivity contribution is 0.0909. The summed E-state index contributed by atoms with van der Waals surface area (Å²) in [5.74, 6) is 0.670. The molecular formula is C16H20N2O4S. The van der Waals surface area contributed by atoms with E-state index >= 15 is 0 Å². The summed E-state index contributed by atoms with van der Waals surface area (Å²) in [4.78, 5) is 12.3. The summed E-state index contributed by atoms with van der Waals surface area (Å²) in [5.41, 5.74) is 2.02. The zero-order valence-corrected chi connectivity index (χ0v) is 14.3. The predicted octanol–water partition coefficient (Wildman–Crippen LogP) is 2.76. The van der Waals surface area contributed by atoms with Crippen molar-refractivity contribution in [1.29, 1.82) is 0 Å². The molecule has 1 amide bonds. The van der Waals surface area contributed by atoms with Crippen molar-refractivity contribution in [3.63, 3.8) is 0 Å². The number of sulfonamides is 1. The van der Waals surface area contributed by atoms with Crippen molar-refractivity contribution in [3.8, 4) is 0 Å². The second-order valence-electron chi connectivity index (χ2n) is 5.56. The minimum Gasteiger partial charge on any atom is -0.456 e. The Labute approximate surface area is 135 Å². The van der Waals surface area contributed by atoms with Gasteiger partial charge < -0.3 is 9.73 Å². The number of nitrogens with one attached hydrogen (secondary N) is 2. The first-order valence-electron chi connectivity index (χ1n) is 7.11. The van der Waals surface area contributed by atoms with E-state index in [2.05, 4.69) is 10.0 Å². The molecule has 0 saturated carbocycles. The fourth-order valence-corrected chi connectivity index (χ4v) is 2.85. The van der Waals surface area contributed by atoms with Gasteiger partial charge in [0.05, 0.1) is 12.3 Å². The second kappa shape index (κ2) is 6.45. The molecule has 0 aliphatic carbocycles. The molecule has 1 aromatic heterocycles. The number of aryl methyl sites for hydroxylation is 2. The Balaban J connectivity index is 2.14. The van der Waals surface area contributed by atoms with Crippen LogP contribution in [0.3, 0.4) is 0 Å². The molecule has 0 radical (unpaired) electrons. The van der Waals surface area contributed by atoms with E-state index in [0.29, 0.717) is 17.2 Å². The number of furan rings is 1. The third kappa shape index (κ3) is 4.59. The molecule has 124 valence electrons. The molecule has 23 heavy (non-hydrogen) atoms. The van der Waals surface area contributed by atoms with Crippen molar-refractivity contribution in [3.05, 3.63) is 53.0 Å². The molecule has 2 N–H and O–H groups in total. The normalized spacial score (nSPS) is 12.7. The van der Waals surface area contributed by atoms with Gasteiger partial charge in [-0.25, -0.2) is 8.42 Å². The minimum absolute atomic E-state index is 0.291. The van der Waals surface area contributed by atoms with Gasteiger partial charge in [0.25, 0.3) is 5.91 Å². The zero-order valence-electron chi connectivity index (χ0n) is 13.5. The summed E-state index contributed by atoms with van der Waals surface area (Å²) in [6.07, 6.45) is 1.09. The minimum atomic E-state index is -3.34. The van der Waals surface area contributed by atoms with E-state index in [0.717, 1.165) is 17.4 Å². The van der Waals surface area contributed by atoms with Crippen LogP contribution in [0.25, 0.3) is 0 Å². The van der Waals surface area contributed by atoms with Crippen LogP contribution in [0.1, 0.15) is 40.4 Å². The van der Waals surface area contributed by atoms with Gasteiger partial charge in [-0.2, -0.15) is 0 Å². The molecule has 2 aromatic rings. The lowest BCUT2D eigenvalue weighted by Crippen LogP contribution is -2.26. The SMILES string of the molecule is Cc1cc(C)c(C(=O)N[C@@H](C)c2cccc(NS(C)(=O)=O)c2)o1. The van der Waals surface area contributed by atoms with E-state index in [1.165, 1.54) is 0 Å². The third-order valence-corrected chi connectivity index (χ3v) is 3.89. The molecule has 2 rings (SSSR count). The highest BCUT2D eigenvalue weighted by atomic mass is 32.2. The van der Waals surface area contributed by atoms with Gasteiger partial charge in [0.1, 0.15) is 5.76 Å². The maximum Gasteiger partial charge on any atom is 0.287 e. The van der Waals surface area contributed by atoms with Crippen molar-refractivity contribution in [2.45, 2.75) is 26.8 Å². The van der Waals surface area contributed by atoms with Gasteiger partial charge in [0.2, 0.25) is 10.0 Å². The average Bonchev–Trinajstić information content (AvgIpc) is 2.76. The number of amides is 1. The average molecular weight is 336 g/mol. The first-order chi connectivity index (χ1) is 10.7. The molecule has 1 atom stereocenters. The number of hydrogen-bond donors (Lipinski definition) is 2. The quantitative estimate of drug-likeness (QED) is 0.879. The third-order valence-electron chi connectivity index (χ3n) is 3.28. The molecule has 6 nitrogen and oxygen atoms in total. The van der Waals surface area contributed by atoms with Gasteiger partial charge >= 0.3 is 0 Å². The molecule has 0 unspecified atom stereocenters. The Bertz CT molecular complexity index is 824. The highest BCUT2D eigenvalue weighted by Crippen LogP contribution is 2.20. The molecule has 0 spiro atoms. The molecule has 0 aliphatic heterocycles. The molecule has 1 aromatic carbocycles. The fraction of sp³-hybridized carbons (Fsp3) is 0.312. The number of hydrogen-bond acceptors (Lipinski definition) is 4. The maximum atomic E-state index is 12.3. The Morgan fingerprint density at radius 3 is 2.48 bits per heavy atom. The summed E-state index contributed by atoms with van der Waals surface area (Å²) in [7, 11) is -3.34. The molecule has 0 bridgehead atoms. The van der Waals surface area contributed by atoms with Gasteiger partial charge in [-0.05, 0) is 44.5 Å². The van der Waals surface area contributed by atoms with Crippen LogP contribution < -0.4 is 10.0 Å². The molecular weight excluding hydrogens is 316 g/mol. The molecule has 7 heteroatoms. The van der Waals surface area contributed by atoms with Crippen LogP contribution in [0, 0.1) is 13.8 Å². The van der Waals surface area contributed by atoms with Crippen molar-refractivity contribution < 1.29 is 17.6 Å². The van der Waals surface area contributed by atoms with Crippen LogP contribution in [0.5, 0.6) is 0 Å². The standard InChI is InChI=1S/C16H20N2O4S/c1-10-8-11(2)22-15(10)16(19)17-12(3)13-6-5-7-14(9-13)18-23(4,20)21/h5-9,12,18H,1-4H3,(H,17,19)/t12-/m0/s1. The van der Waals surface area contributed by atoms with Gasteiger partial charge in [0.15, 0.2) is 5.76 Å². The van der Waals surface area contributed by atoms with Crippen LogP contribution in [0.2, 0.25) is 0 Å². The van der Waals surface area contributed by atoms with Gasteiger partial charge in [0, 0.05) is 11.3 Å². The van der Waals surface area contributed by atoms with E-state index in [1.807, 2.05) is 19.9 Å². The lowest BCUT2D eigenvalue weighted by atomic mass is 10.1. The first kappa shape index (κ1) is 17.1. The smallest absolute Gasteiger partial charge is 0.287 e. The van der Waals surface area contributed by atoms with Crippen molar-refractivity contribution in [2.75, 3.05) is 11.0 Å². The van der Waals surface area contributed by atoms with Gasteiger partial charge in [-0.1, -0.05) is 12.1 Å². The summed E-state index contributed by atoms with van der Waals surface area (Å²) in [6, 6.07) is 8.39. The van der Waals surface area contributed by atoms with Gasteiger partial charge in [-0.15, -0.1) is 0 Å². The predicted molar refractivity (Wildman–Crippen MR) is 89.0 cm³/mol. The van der Waals surface area contributed by atoms with Crippen LogP contribution in [-0.2, 0) is 10.0 Å². The van der Waals surface area contributed by atoms with E-state index in [-0.39, 0.29) is 11.9 Å². The number of rotatable bonds is 5. The van der Waals surface area contributed by atoms with E-state index in [9.17, 15) is 13.2 Å². The maximum absolute atomic E-state index is 12.3. The molecule has 0 saturated heterocycles. The van der Waals surface area contributed by atoms with Gasteiger partial charge in [-0.3, -0.25) is 9.52 Å². The number of anilines is 1. The Morgan fingerprint density at radius 1 is 1.22 bits per heavy atom. The number of carbonyl (C=O) groups is 1. The summed E-state index contributed by atoms with van der Waals surface area (Å²) < 4.78 is 30.4. The summed E-state index contributed by atoms with van der Waals surface area (Å²) in [6.45, 7) is 5.42. The number of benzene rings is 1. The van der Waals surface area contributed by atoms with Crippen LogP contribution in [-0.4, -0.2) is 20.6 Å². The van der Waals surface area contributed by atoms with E-state index in [1.54, 1.807) is 31.2 Å². The van der Waals surface area contributed by atoms with Crippen molar-refractivity contribution >= 4 is 21.6 Å². The van der Waals surface area contributed by atoms with Crippen molar-refractivity contribution in [2.24, 2.45) is 0 Å². The fourth-order valence-electron chi connectivity index (χ4n) is 2.30. The largest absolute Gasteiger partial charge is 0.456 e.